The Morgan fingerprint density at radius 2 is 1.77 bits per heavy atom. The molecule has 5 rings (SSSR count). The first-order valence-electron chi connectivity index (χ1n) is 10.6. The number of carbonyl (C=O) groups excluding carboxylic acids is 1. The summed E-state index contributed by atoms with van der Waals surface area (Å²) in [5.74, 6) is 1.83. The van der Waals surface area contributed by atoms with Crippen molar-refractivity contribution in [3.8, 4) is 11.5 Å². The van der Waals surface area contributed by atoms with Crippen LogP contribution < -0.4 is 20.3 Å². The maximum atomic E-state index is 13.0. The molecule has 2 N–H and O–H groups in total. The van der Waals surface area contributed by atoms with Crippen LogP contribution in [0.25, 0.3) is 0 Å². The zero-order valence-corrected chi connectivity index (χ0v) is 17.3. The second kappa shape index (κ2) is 8.26. The summed E-state index contributed by atoms with van der Waals surface area (Å²) in [4.78, 5) is 17.4. The third-order valence-electron chi connectivity index (χ3n) is 6.21. The molecule has 2 aromatic carbocycles. The number of aryl methyl sites for hydroxylation is 1. The van der Waals surface area contributed by atoms with Crippen molar-refractivity contribution >= 4 is 5.91 Å². The summed E-state index contributed by atoms with van der Waals surface area (Å²) < 4.78 is 10.9. The molecule has 2 saturated heterocycles. The number of piperazine rings is 1. The van der Waals surface area contributed by atoms with Gasteiger partial charge in [0, 0.05) is 38.8 Å². The van der Waals surface area contributed by atoms with Gasteiger partial charge in [0.15, 0.2) is 11.5 Å². The first-order chi connectivity index (χ1) is 14.7. The van der Waals surface area contributed by atoms with E-state index in [0.29, 0.717) is 6.79 Å². The number of amides is 1. The molecule has 7 heteroatoms. The van der Waals surface area contributed by atoms with Gasteiger partial charge in [-0.1, -0.05) is 35.9 Å². The van der Waals surface area contributed by atoms with Crippen LogP contribution in [0.1, 0.15) is 29.2 Å². The highest BCUT2D eigenvalue weighted by Crippen LogP contribution is 2.33. The van der Waals surface area contributed by atoms with Crippen molar-refractivity contribution < 1.29 is 14.3 Å². The van der Waals surface area contributed by atoms with E-state index < -0.39 is 0 Å². The Kier molecular flexibility index (Phi) is 5.33. The Morgan fingerprint density at radius 1 is 1.00 bits per heavy atom. The van der Waals surface area contributed by atoms with Gasteiger partial charge >= 0.3 is 0 Å². The Labute approximate surface area is 176 Å². The molecule has 0 saturated carbocycles. The number of hydrazine groups is 1. The van der Waals surface area contributed by atoms with Crippen LogP contribution in [0.5, 0.6) is 11.5 Å². The van der Waals surface area contributed by atoms with Crippen molar-refractivity contribution in [2.45, 2.75) is 32.0 Å². The maximum absolute atomic E-state index is 13.0. The number of rotatable bonds is 4. The number of benzene rings is 2. The van der Waals surface area contributed by atoms with Gasteiger partial charge in [-0.3, -0.25) is 9.69 Å². The molecule has 0 bridgehead atoms. The van der Waals surface area contributed by atoms with Gasteiger partial charge in [-0.05, 0) is 36.6 Å². The zero-order chi connectivity index (χ0) is 20.5. The van der Waals surface area contributed by atoms with Crippen LogP contribution in [0, 0.1) is 6.92 Å². The molecular formula is C23H28N4O3. The summed E-state index contributed by atoms with van der Waals surface area (Å²) in [7, 11) is 0. The van der Waals surface area contributed by atoms with E-state index in [2.05, 4.69) is 59.1 Å². The second-order valence-corrected chi connectivity index (χ2v) is 8.33. The Morgan fingerprint density at radius 3 is 2.57 bits per heavy atom. The van der Waals surface area contributed by atoms with Crippen LogP contribution in [0.4, 0.5) is 0 Å². The molecule has 3 heterocycles. The first kappa shape index (κ1) is 19.4. The number of hydrogen-bond donors (Lipinski definition) is 2. The molecular weight excluding hydrogens is 380 g/mol. The number of hydrogen-bond acceptors (Lipinski definition) is 6. The van der Waals surface area contributed by atoms with Gasteiger partial charge in [0.1, 0.15) is 6.04 Å². The SMILES string of the molecule is Cc1ccc(C2CC(C(=O)N3CCN(Cc4ccc5c(c4)OCO5)CC3)NN2)cc1. The third-order valence-corrected chi connectivity index (χ3v) is 6.21. The second-order valence-electron chi connectivity index (χ2n) is 8.33. The number of ether oxygens (including phenoxy) is 2. The largest absolute Gasteiger partial charge is 0.454 e. The van der Waals surface area contributed by atoms with Gasteiger partial charge in [-0.15, -0.1) is 0 Å². The fourth-order valence-corrected chi connectivity index (χ4v) is 4.38. The van der Waals surface area contributed by atoms with E-state index in [4.69, 9.17) is 9.47 Å². The minimum atomic E-state index is -0.170. The quantitative estimate of drug-likeness (QED) is 0.807. The van der Waals surface area contributed by atoms with Crippen molar-refractivity contribution in [1.29, 1.82) is 0 Å². The van der Waals surface area contributed by atoms with Gasteiger partial charge in [0.2, 0.25) is 12.7 Å². The van der Waals surface area contributed by atoms with Crippen LogP contribution in [-0.2, 0) is 11.3 Å². The molecule has 2 unspecified atom stereocenters. The number of fused-ring (bicyclic) bond motifs is 1. The van der Waals surface area contributed by atoms with Crippen LogP contribution in [0.3, 0.4) is 0 Å². The molecule has 2 fully saturated rings. The van der Waals surface area contributed by atoms with Crippen molar-refractivity contribution in [3.05, 3.63) is 59.2 Å². The highest BCUT2D eigenvalue weighted by molar-refractivity contribution is 5.82. The molecule has 3 aliphatic rings. The number of nitrogens with one attached hydrogen (secondary N) is 2. The summed E-state index contributed by atoms with van der Waals surface area (Å²) in [6.07, 6.45) is 0.777. The van der Waals surface area contributed by atoms with E-state index in [0.717, 1.165) is 50.6 Å². The summed E-state index contributed by atoms with van der Waals surface area (Å²) in [5.41, 5.74) is 10.2. The molecule has 1 amide bonds. The summed E-state index contributed by atoms with van der Waals surface area (Å²) in [5, 5.41) is 0. The number of nitrogens with zero attached hydrogens (tertiary/aromatic N) is 2. The first-order valence-corrected chi connectivity index (χ1v) is 10.6. The molecule has 3 aliphatic heterocycles. The molecule has 7 nitrogen and oxygen atoms in total. The van der Waals surface area contributed by atoms with E-state index in [1.807, 2.05) is 11.0 Å². The topological polar surface area (TPSA) is 66.1 Å². The monoisotopic (exact) mass is 408 g/mol. The molecule has 0 spiro atoms. The Bertz CT molecular complexity index is 909. The van der Waals surface area contributed by atoms with E-state index in [-0.39, 0.29) is 18.0 Å². The van der Waals surface area contributed by atoms with Gasteiger partial charge in [-0.2, -0.15) is 0 Å². The highest BCUT2D eigenvalue weighted by Gasteiger charge is 2.34. The Balaban J connectivity index is 1.12. The van der Waals surface area contributed by atoms with E-state index in [1.54, 1.807) is 0 Å². The normalized spacial score (nSPS) is 23.7. The zero-order valence-electron chi connectivity index (χ0n) is 17.3. The fraction of sp³-hybridized carbons (Fsp3) is 0.435. The van der Waals surface area contributed by atoms with Crippen LogP contribution >= 0.6 is 0 Å². The van der Waals surface area contributed by atoms with Crippen LogP contribution in [-0.4, -0.2) is 54.7 Å². The highest BCUT2D eigenvalue weighted by atomic mass is 16.7. The smallest absolute Gasteiger partial charge is 0.241 e. The van der Waals surface area contributed by atoms with Crippen molar-refractivity contribution in [2.24, 2.45) is 0 Å². The molecule has 0 aliphatic carbocycles. The van der Waals surface area contributed by atoms with Gasteiger partial charge in [0.25, 0.3) is 0 Å². The average molecular weight is 409 g/mol. The lowest BCUT2D eigenvalue weighted by atomic mass is 10.0. The predicted molar refractivity (Wildman–Crippen MR) is 113 cm³/mol. The third kappa shape index (κ3) is 4.01. The lowest BCUT2D eigenvalue weighted by Gasteiger charge is -2.35. The predicted octanol–water partition coefficient (Wildman–Crippen LogP) is 1.98. The minimum absolute atomic E-state index is 0.170. The summed E-state index contributed by atoms with van der Waals surface area (Å²) in [6, 6.07) is 14.6. The molecule has 2 atom stereocenters. The molecule has 158 valence electrons. The van der Waals surface area contributed by atoms with Crippen LogP contribution in [0.2, 0.25) is 0 Å². The summed E-state index contributed by atoms with van der Waals surface area (Å²) in [6.45, 7) is 6.52. The maximum Gasteiger partial charge on any atom is 0.241 e. The lowest BCUT2D eigenvalue weighted by molar-refractivity contribution is -0.135. The van der Waals surface area contributed by atoms with Gasteiger partial charge < -0.3 is 14.4 Å². The minimum Gasteiger partial charge on any atom is -0.454 e. The lowest BCUT2D eigenvalue weighted by Crippen LogP contribution is -2.53. The molecule has 2 aromatic rings. The average Bonchev–Trinajstić information content (AvgIpc) is 3.44. The van der Waals surface area contributed by atoms with Gasteiger partial charge in [-0.25, -0.2) is 10.9 Å². The summed E-state index contributed by atoms with van der Waals surface area (Å²) >= 11 is 0. The van der Waals surface area contributed by atoms with Crippen LogP contribution in [0.15, 0.2) is 42.5 Å². The van der Waals surface area contributed by atoms with E-state index >= 15 is 0 Å². The van der Waals surface area contributed by atoms with Crippen molar-refractivity contribution in [3.63, 3.8) is 0 Å². The standard InChI is InChI=1S/C23H28N4O3/c1-16-2-5-18(6-3-16)19-13-20(25-24-19)23(28)27-10-8-26(9-11-27)14-17-4-7-21-22(12-17)30-15-29-21/h2-7,12,19-20,24-25H,8-11,13-15H2,1H3. The molecule has 0 radical (unpaired) electrons. The van der Waals surface area contributed by atoms with Crippen molar-refractivity contribution in [2.75, 3.05) is 33.0 Å². The molecule has 0 aromatic heterocycles. The Hall–Kier alpha value is -2.61. The van der Waals surface area contributed by atoms with E-state index in [1.165, 1.54) is 16.7 Å². The fourth-order valence-electron chi connectivity index (χ4n) is 4.38. The number of carbonyl (C=O) groups is 1. The van der Waals surface area contributed by atoms with Crippen molar-refractivity contribution in [1.82, 2.24) is 20.7 Å². The van der Waals surface area contributed by atoms with E-state index in [9.17, 15) is 4.79 Å². The molecule has 30 heavy (non-hydrogen) atoms. The van der Waals surface area contributed by atoms with Gasteiger partial charge in [0.05, 0.1) is 0 Å².